The van der Waals surface area contributed by atoms with Crippen LogP contribution >= 0.6 is 15.9 Å². The van der Waals surface area contributed by atoms with E-state index in [-0.39, 0.29) is 5.78 Å². The highest BCUT2D eigenvalue weighted by atomic mass is 79.9. The van der Waals surface area contributed by atoms with Crippen molar-refractivity contribution in [2.45, 2.75) is 25.4 Å². The Labute approximate surface area is 90.6 Å². The SMILES string of the molecule is CC1(C(=O)c2occc2Br)CCCO1. The Bertz CT molecular complexity index is 350. The summed E-state index contributed by atoms with van der Waals surface area (Å²) in [5.74, 6) is 0.279. The molecule has 1 atom stereocenters. The molecule has 0 spiro atoms. The van der Waals surface area contributed by atoms with Crippen molar-refractivity contribution < 1.29 is 13.9 Å². The van der Waals surface area contributed by atoms with Gasteiger partial charge in [-0.1, -0.05) is 0 Å². The molecule has 2 rings (SSSR count). The zero-order valence-electron chi connectivity index (χ0n) is 7.88. The van der Waals surface area contributed by atoms with E-state index in [0.29, 0.717) is 16.8 Å². The highest BCUT2D eigenvalue weighted by Gasteiger charge is 2.40. The van der Waals surface area contributed by atoms with Gasteiger partial charge in [-0.25, -0.2) is 0 Å². The fourth-order valence-corrected chi connectivity index (χ4v) is 2.04. The molecule has 1 aliphatic heterocycles. The van der Waals surface area contributed by atoms with Gasteiger partial charge in [-0.15, -0.1) is 0 Å². The maximum absolute atomic E-state index is 12.0. The third kappa shape index (κ3) is 1.53. The van der Waals surface area contributed by atoms with Crippen molar-refractivity contribution in [3.63, 3.8) is 0 Å². The van der Waals surface area contributed by atoms with E-state index >= 15 is 0 Å². The molecule has 2 heterocycles. The van der Waals surface area contributed by atoms with E-state index in [1.165, 1.54) is 6.26 Å². The zero-order chi connectivity index (χ0) is 10.2. The van der Waals surface area contributed by atoms with E-state index in [9.17, 15) is 4.79 Å². The van der Waals surface area contributed by atoms with E-state index < -0.39 is 5.60 Å². The van der Waals surface area contributed by atoms with Crippen LogP contribution in [0.25, 0.3) is 0 Å². The highest BCUT2D eigenvalue weighted by molar-refractivity contribution is 9.10. The second kappa shape index (κ2) is 3.51. The molecule has 0 bridgehead atoms. The molecule has 14 heavy (non-hydrogen) atoms. The van der Waals surface area contributed by atoms with Gasteiger partial charge in [0, 0.05) is 6.61 Å². The number of furan rings is 1. The van der Waals surface area contributed by atoms with Gasteiger partial charge in [0.05, 0.1) is 10.7 Å². The molecule has 0 saturated carbocycles. The maximum atomic E-state index is 12.0. The summed E-state index contributed by atoms with van der Waals surface area (Å²) < 4.78 is 11.3. The van der Waals surface area contributed by atoms with Gasteiger partial charge in [-0.05, 0) is 41.8 Å². The summed E-state index contributed by atoms with van der Waals surface area (Å²) in [6.45, 7) is 2.47. The van der Waals surface area contributed by atoms with Crippen molar-refractivity contribution in [1.82, 2.24) is 0 Å². The second-order valence-corrected chi connectivity index (χ2v) is 4.46. The molecule has 1 fully saturated rings. The molecule has 0 amide bonds. The van der Waals surface area contributed by atoms with Crippen molar-refractivity contribution >= 4 is 21.7 Å². The fraction of sp³-hybridized carbons (Fsp3) is 0.500. The average molecular weight is 259 g/mol. The lowest BCUT2D eigenvalue weighted by atomic mass is 9.96. The summed E-state index contributed by atoms with van der Waals surface area (Å²) in [6.07, 6.45) is 3.19. The molecule has 3 nitrogen and oxygen atoms in total. The number of hydrogen-bond acceptors (Lipinski definition) is 3. The van der Waals surface area contributed by atoms with E-state index in [4.69, 9.17) is 9.15 Å². The normalized spacial score (nSPS) is 26.7. The van der Waals surface area contributed by atoms with Crippen LogP contribution < -0.4 is 0 Å². The third-order valence-corrected chi connectivity index (χ3v) is 3.15. The van der Waals surface area contributed by atoms with Gasteiger partial charge in [0.25, 0.3) is 0 Å². The van der Waals surface area contributed by atoms with Gasteiger partial charge in [0.2, 0.25) is 5.78 Å². The number of ether oxygens (including phenoxy) is 1. The van der Waals surface area contributed by atoms with Crippen LogP contribution in [0.3, 0.4) is 0 Å². The Morgan fingerprint density at radius 2 is 2.43 bits per heavy atom. The van der Waals surface area contributed by atoms with Crippen LogP contribution in [-0.4, -0.2) is 18.0 Å². The molecule has 1 aromatic rings. The molecule has 76 valence electrons. The van der Waals surface area contributed by atoms with Gasteiger partial charge in [-0.2, -0.15) is 0 Å². The van der Waals surface area contributed by atoms with Crippen molar-refractivity contribution in [2.24, 2.45) is 0 Å². The van der Waals surface area contributed by atoms with Crippen molar-refractivity contribution in [3.05, 3.63) is 22.6 Å². The van der Waals surface area contributed by atoms with E-state index in [0.717, 1.165) is 12.8 Å². The quantitative estimate of drug-likeness (QED) is 0.766. The first-order valence-corrected chi connectivity index (χ1v) is 5.34. The van der Waals surface area contributed by atoms with E-state index in [2.05, 4.69) is 15.9 Å². The molecule has 0 aliphatic carbocycles. The summed E-state index contributed by atoms with van der Waals surface area (Å²) in [5, 5.41) is 0. The number of carbonyl (C=O) groups is 1. The zero-order valence-corrected chi connectivity index (χ0v) is 9.46. The monoisotopic (exact) mass is 258 g/mol. The van der Waals surface area contributed by atoms with Crippen LogP contribution in [0, 0.1) is 0 Å². The Balaban J connectivity index is 2.28. The summed E-state index contributed by atoms with van der Waals surface area (Å²) in [6, 6.07) is 1.71. The van der Waals surface area contributed by atoms with Crippen LogP contribution in [0.1, 0.15) is 30.3 Å². The minimum Gasteiger partial charge on any atom is -0.460 e. The molecule has 1 saturated heterocycles. The molecule has 1 unspecified atom stereocenters. The average Bonchev–Trinajstić information content (AvgIpc) is 2.74. The Hall–Kier alpha value is -0.610. The molecular formula is C10H11BrO3. The lowest BCUT2D eigenvalue weighted by molar-refractivity contribution is 0.0189. The summed E-state index contributed by atoms with van der Waals surface area (Å²) in [7, 11) is 0. The summed E-state index contributed by atoms with van der Waals surface area (Å²) in [5.41, 5.74) is -0.694. The standard InChI is InChI=1S/C10H11BrO3/c1-10(4-2-5-14-10)9(12)8-7(11)3-6-13-8/h3,6H,2,4-5H2,1H3. The molecule has 0 radical (unpaired) electrons. The number of ketones is 1. The van der Waals surface area contributed by atoms with Crippen molar-refractivity contribution in [3.8, 4) is 0 Å². The predicted octanol–water partition coefficient (Wildman–Crippen LogP) is 2.79. The smallest absolute Gasteiger partial charge is 0.230 e. The maximum Gasteiger partial charge on any atom is 0.230 e. The topological polar surface area (TPSA) is 39.4 Å². The van der Waals surface area contributed by atoms with Crippen LogP contribution in [0.4, 0.5) is 0 Å². The lowest BCUT2D eigenvalue weighted by Crippen LogP contribution is -2.34. The number of halogens is 1. The molecule has 1 aromatic heterocycles. The largest absolute Gasteiger partial charge is 0.460 e. The third-order valence-electron chi connectivity index (χ3n) is 2.52. The molecule has 0 N–H and O–H groups in total. The van der Waals surface area contributed by atoms with E-state index in [1.54, 1.807) is 6.07 Å². The lowest BCUT2D eigenvalue weighted by Gasteiger charge is -2.19. The Kier molecular flexibility index (Phi) is 2.49. The van der Waals surface area contributed by atoms with Gasteiger partial charge in [0.1, 0.15) is 5.60 Å². The van der Waals surface area contributed by atoms with Crippen LogP contribution in [-0.2, 0) is 4.74 Å². The number of carbonyl (C=O) groups excluding carboxylic acids is 1. The fourth-order valence-electron chi connectivity index (χ4n) is 1.65. The first kappa shape index (κ1) is 9.93. The number of hydrogen-bond donors (Lipinski definition) is 0. The highest BCUT2D eigenvalue weighted by Crippen LogP contribution is 2.31. The van der Waals surface area contributed by atoms with Crippen molar-refractivity contribution in [1.29, 1.82) is 0 Å². The van der Waals surface area contributed by atoms with Gasteiger partial charge in [0.15, 0.2) is 5.76 Å². The molecule has 0 aromatic carbocycles. The first-order chi connectivity index (χ1) is 6.63. The Morgan fingerprint density at radius 1 is 1.64 bits per heavy atom. The minimum atomic E-state index is -0.694. The second-order valence-electron chi connectivity index (χ2n) is 3.61. The van der Waals surface area contributed by atoms with Gasteiger partial charge < -0.3 is 9.15 Å². The minimum absolute atomic E-state index is 0.0770. The van der Waals surface area contributed by atoms with Crippen LogP contribution in [0.2, 0.25) is 0 Å². The molecule has 4 heteroatoms. The van der Waals surface area contributed by atoms with Gasteiger partial charge in [-0.3, -0.25) is 4.79 Å². The molecular weight excluding hydrogens is 248 g/mol. The number of Topliss-reactive ketones (excluding diaryl/α,β-unsaturated/α-hetero) is 1. The summed E-state index contributed by atoms with van der Waals surface area (Å²) >= 11 is 3.27. The Morgan fingerprint density at radius 3 is 2.93 bits per heavy atom. The molecule has 1 aliphatic rings. The van der Waals surface area contributed by atoms with E-state index in [1.807, 2.05) is 6.92 Å². The van der Waals surface area contributed by atoms with Crippen LogP contribution in [0.5, 0.6) is 0 Å². The first-order valence-electron chi connectivity index (χ1n) is 4.55. The summed E-state index contributed by atoms with van der Waals surface area (Å²) in [4.78, 5) is 12.0. The van der Waals surface area contributed by atoms with Crippen molar-refractivity contribution in [2.75, 3.05) is 6.61 Å². The number of rotatable bonds is 2. The predicted molar refractivity (Wildman–Crippen MR) is 54.3 cm³/mol. The van der Waals surface area contributed by atoms with Crippen LogP contribution in [0.15, 0.2) is 21.2 Å². The van der Waals surface area contributed by atoms with Gasteiger partial charge >= 0.3 is 0 Å².